The van der Waals surface area contributed by atoms with Gasteiger partial charge in [-0.1, -0.05) is 73.8 Å². The van der Waals surface area contributed by atoms with Crippen LogP contribution < -0.4 is 0 Å². The first kappa shape index (κ1) is 22.2. The molecule has 0 atom stereocenters. The average Bonchev–Trinajstić information content (AvgIpc) is 2.74. The highest BCUT2D eigenvalue weighted by atomic mass is 16.6. The molecular formula is C25H28O4. The first-order chi connectivity index (χ1) is 14.0. The first-order valence-corrected chi connectivity index (χ1v) is 9.76. The summed E-state index contributed by atoms with van der Waals surface area (Å²) in [6.45, 7) is 11.3. The molecule has 0 aliphatic carbocycles. The van der Waals surface area contributed by atoms with Crippen LogP contribution in [0.2, 0.25) is 0 Å². The topological polar surface area (TPSA) is 52.6 Å². The van der Waals surface area contributed by atoms with E-state index in [1.807, 2.05) is 48.5 Å². The largest absolute Gasteiger partial charge is 0.465 e. The molecule has 0 saturated carbocycles. The van der Waals surface area contributed by atoms with Crippen molar-refractivity contribution >= 4 is 24.1 Å². The van der Waals surface area contributed by atoms with Crippen LogP contribution in [0.3, 0.4) is 0 Å². The molecule has 4 nitrogen and oxygen atoms in total. The molecule has 0 saturated heterocycles. The van der Waals surface area contributed by atoms with E-state index < -0.39 is 17.4 Å². The summed E-state index contributed by atoms with van der Waals surface area (Å²) in [6.07, 6.45) is 3.86. The Bertz CT molecular complexity index is 774. The van der Waals surface area contributed by atoms with E-state index in [0.717, 1.165) is 22.3 Å². The lowest BCUT2D eigenvalue weighted by atomic mass is 9.76. The predicted molar refractivity (Wildman–Crippen MR) is 116 cm³/mol. The molecule has 0 spiro atoms. The third-order valence-electron chi connectivity index (χ3n) is 4.77. The maximum atomic E-state index is 13.1. The summed E-state index contributed by atoms with van der Waals surface area (Å²) in [7, 11) is 0. The number of carbonyl (C=O) groups is 2. The Balaban J connectivity index is 2.50. The fourth-order valence-electron chi connectivity index (χ4n) is 3.21. The lowest BCUT2D eigenvalue weighted by molar-refractivity contribution is -0.172. The van der Waals surface area contributed by atoms with E-state index >= 15 is 0 Å². The Hall–Kier alpha value is -3.14. The maximum Gasteiger partial charge on any atom is 0.324 e. The molecule has 2 aromatic carbocycles. The highest BCUT2D eigenvalue weighted by molar-refractivity contribution is 6.00. The minimum absolute atomic E-state index is 0.185. The predicted octanol–water partition coefficient (Wildman–Crippen LogP) is 4.87. The van der Waals surface area contributed by atoms with E-state index in [2.05, 4.69) is 13.2 Å². The van der Waals surface area contributed by atoms with Crippen LogP contribution in [-0.2, 0) is 31.9 Å². The van der Waals surface area contributed by atoms with E-state index in [9.17, 15) is 9.59 Å². The number of ether oxygens (including phenoxy) is 2. The SMILES string of the molecule is C=Cc1ccc(CC(Cc2ccc(C=C)cc2)(C(=O)OCC)C(=O)OCC)cc1. The summed E-state index contributed by atoms with van der Waals surface area (Å²) in [4.78, 5) is 26.2. The molecule has 0 bridgehead atoms. The molecule has 152 valence electrons. The minimum Gasteiger partial charge on any atom is -0.465 e. The van der Waals surface area contributed by atoms with Crippen molar-refractivity contribution in [2.45, 2.75) is 26.7 Å². The Morgan fingerprint density at radius 2 is 1.10 bits per heavy atom. The molecule has 0 fully saturated rings. The Morgan fingerprint density at radius 1 is 0.759 bits per heavy atom. The standard InChI is InChI=1S/C25H28O4/c1-5-19-9-13-21(14-10-19)17-25(23(26)28-7-3,24(27)29-8-4)18-22-15-11-20(6-2)12-16-22/h5-6,9-16H,1-2,7-8,17-18H2,3-4H3. The van der Waals surface area contributed by atoms with Crippen molar-refractivity contribution in [3.05, 3.63) is 83.9 Å². The number of benzene rings is 2. The van der Waals surface area contributed by atoms with Gasteiger partial charge in [-0.2, -0.15) is 0 Å². The first-order valence-electron chi connectivity index (χ1n) is 9.76. The molecule has 0 aromatic heterocycles. The second-order valence-corrected chi connectivity index (χ2v) is 6.77. The Labute approximate surface area is 172 Å². The van der Waals surface area contributed by atoms with Gasteiger partial charge in [0.2, 0.25) is 0 Å². The van der Waals surface area contributed by atoms with Gasteiger partial charge in [-0.25, -0.2) is 0 Å². The zero-order valence-corrected chi connectivity index (χ0v) is 17.1. The molecule has 2 aromatic rings. The average molecular weight is 392 g/mol. The molecule has 0 amide bonds. The van der Waals surface area contributed by atoms with Crippen molar-refractivity contribution < 1.29 is 19.1 Å². The zero-order chi connectivity index (χ0) is 21.3. The van der Waals surface area contributed by atoms with Crippen LogP contribution in [-0.4, -0.2) is 25.2 Å². The molecular weight excluding hydrogens is 364 g/mol. The van der Waals surface area contributed by atoms with Crippen molar-refractivity contribution in [1.29, 1.82) is 0 Å². The highest BCUT2D eigenvalue weighted by Gasteiger charge is 2.49. The van der Waals surface area contributed by atoms with E-state index in [0.29, 0.717) is 0 Å². The summed E-state index contributed by atoms with van der Waals surface area (Å²) in [6, 6.07) is 15.2. The monoisotopic (exact) mass is 392 g/mol. The Morgan fingerprint density at radius 3 is 1.38 bits per heavy atom. The van der Waals surface area contributed by atoms with Crippen LogP contribution in [0, 0.1) is 5.41 Å². The minimum atomic E-state index is -1.46. The molecule has 0 unspecified atom stereocenters. The lowest BCUT2D eigenvalue weighted by Gasteiger charge is -2.29. The van der Waals surface area contributed by atoms with Gasteiger partial charge in [0, 0.05) is 0 Å². The molecule has 0 radical (unpaired) electrons. The number of rotatable bonds is 10. The molecule has 29 heavy (non-hydrogen) atoms. The zero-order valence-electron chi connectivity index (χ0n) is 17.1. The second-order valence-electron chi connectivity index (χ2n) is 6.77. The van der Waals surface area contributed by atoms with Gasteiger partial charge in [-0.15, -0.1) is 0 Å². The normalized spacial score (nSPS) is 10.8. The second kappa shape index (κ2) is 10.4. The lowest BCUT2D eigenvalue weighted by Crippen LogP contribution is -2.45. The number of carbonyl (C=O) groups excluding carboxylic acids is 2. The fourth-order valence-corrected chi connectivity index (χ4v) is 3.21. The van der Waals surface area contributed by atoms with Crippen LogP contribution >= 0.6 is 0 Å². The van der Waals surface area contributed by atoms with Gasteiger partial charge in [-0.05, 0) is 48.9 Å². The summed E-state index contributed by atoms with van der Waals surface area (Å²) in [5.41, 5.74) is 2.16. The van der Waals surface area contributed by atoms with Crippen LogP contribution in [0.25, 0.3) is 12.2 Å². The number of hydrogen-bond acceptors (Lipinski definition) is 4. The third kappa shape index (κ3) is 5.44. The van der Waals surface area contributed by atoms with Crippen LogP contribution in [0.15, 0.2) is 61.7 Å². The van der Waals surface area contributed by atoms with Crippen LogP contribution in [0.1, 0.15) is 36.1 Å². The van der Waals surface area contributed by atoms with Gasteiger partial charge >= 0.3 is 11.9 Å². The smallest absolute Gasteiger partial charge is 0.324 e. The molecule has 0 heterocycles. The highest BCUT2D eigenvalue weighted by Crippen LogP contribution is 2.32. The van der Waals surface area contributed by atoms with Gasteiger partial charge in [0.05, 0.1) is 13.2 Å². The van der Waals surface area contributed by atoms with Crippen molar-refractivity contribution in [2.24, 2.45) is 5.41 Å². The summed E-state index contributed by atoms with van der Waals surface area (Å²) in [5, 5.41) is 0. The van der Waals surface area contributed by atoms with Gasteiger partial charge in [0.1, 0.15) is 0 Å². The fraction of sp³-hybridized carbons (Fsp3) is 0.280. The molecule has 0 N–H and O–H groups in total. The van der Waals surface area contributed by atoms with Gasteiger partial charge in [-0.3, -0.25) is 9.59 Å². The van der Waals surface area contributed by atoms with Crippen molar-refractivity contribution in [3.63, 3.8) is 0 Å². The van der Waals surface area contributed by atoms with Crippen molar-refractivity contribution in [1.82, 2.24) is 0 Å². The summed E-state index contributed by atoms with van der Waals surface area (Å²) >= 11 is 0. The van der Waals surface area contributed by atoms with Gasteiger partial charge < -0.3 is 9.47 Å². The van der Waals surface area contributed by atoms with E-state index in [1.54, 1.807) is 26.0 Å². The summed E-state index contributed by atoms with van der Waals surface area (Å²) < 4.78 is 10.7. The van der Waals surface area contributed by atoms with Crippen molar-refractivity contribution in [3.8, 4) is 0 Å². The Kier molecular flexibility index (Phi) is 7.96. The van der Waals surface area contributed by atoms with Crippen LogP contribution in [0.4, 0.5) is 0 Å². The summed E-state index contributed by atoms with van der Waals surface area (Å²) in [5.74, 6) is -1.14. The van der Waals surface area contributed by atoms with E-state index in [1.165, 1.54) is 0 Å². The number of esters is 2. The number of hydrogen-bond donors (Lipinski definition) is 0. The van der Waals surface area contributed by atoms with Crippen molar-refractivity contribution in [2.75, 3.05) is 13.2 Å². The van der Waals surface area contributed by atoms with Gasteiger partial charge in [0.25, 0.3) is 0 Å². The van der Waals surface area contributed by atoms with Gasteiger partial charge in [0.15, 0.2) is 5.41 Å². The molecule has 4 heteroatoms. The molecule has 0 aliphatic heterocycles. The molecule has 2 rings (SSSR count). The maximum absolute atomic E-state index is 13.1. The van der Waals surface area contributed by atoms with E-state index in [-0.39, 0.29) is 26.1 Å². The van der Waals surface area contributed by atoms with E-state index in [4.69, 9.17) is 9.47 Å². The molecule has 0 aliphatic rings. The van der Waals surface area contributed by atoms with Crippen LogP contribution in [0.5, 0.6) is 0 Å². The quantitative estimate of drug-likeness (QED) is 0.428. The third-order valence-corrected chi connectivity index (χ3v) is 4.77.